The lowest BCUT2D eigenvalue weighted by Crippen LogP contribution is -2.51. The zero-order chi connectivity index (χ0) is 28.4. The summed E-state index contributed by atoms with van der Waals surface area (Å²) in [4.78, 5) is 27.5. The summed E-state index contributed by atoms with van der Waals surface area (Å²) in [6.07, 6.45) is -9.57. The van der Waals surface area contributed by atoms with Gasteiger partial charge in [-0.3, -0.25) is 4.79 Å². The SMILES string of the molecule is Cc1cc(F)ccc1[C@@H]1C[C@@H](NC(=O)CO)CCN1C(=O)N(C)Cc1cc(C(F)(F)F)cc(C(F)(F)F)c1. The summed E-state index contributed by atoms with van der Waals surface area (Å²) < 4.78 is 93.2. The Hall–Kier alpha value is -3.35. The molecule has 13 heteroatoms. The fourth-order valence-electron chi connectivity index (χ4n) is 4.58. The number of carbonyl (C=O) groups excluding carboxylic acids is 2. The molecule has 1 heterocycles. The van der Waals surface area contributed by atoms with E-state index in [1.807, 2.05) is 0 Å². The number of amides is 3. The number of aryl methyl sites for hydroxylation is 1. The van der Waals surface area contributed by atoms with Crippen molar-refractivity contribution in [1.29, 1.82) is 0 Å². The Morgan fingerprint density at radius 2 is 1.66 bits per heavy atom. The fraction of sp³-hybridized carbons (Fsp3) is 0.440. The molecule has 0 aromatic heterocycles. The first-order valence-electron chi connectivity index (χ1n) is 11.6. The predicted octanol–water partition coefficient (Wildman–Crippen LogP) is 5.04. The predicted molar refractivity (Wildman–Crippen MR) is 122 cm³/mol. The average Bonchev–Trinajstić information content (AvgIpc) is 2.82. The van der Waals surface area contributed by atoms with Crippen LogP contribution in [-0.4, -0.2) is 53.1 Å². The van der Waals surface area contributed by atoms with Crippen molar-refractivity contribution in [3.8, 4) is 0 Å². The van der Waals surface area contributed by atoms with Gasteiger partial charge >= 0.3 is 18.4 Å². The second-order valence-corrected chi connectivity index (χ2v) is 9.21. The molecule has 2 aromatic carbocycles. The van der Waals surface area contributed by atoms with Crippen molar-refractivity contribution < 1.29 is 45.4 Å². The number of hydrogen-bond donors (Lipinski definition) is 2. The Morgan fingerprint density at radius 3 is 2.18 bits per heavy atom. The van der Waals surface area contributed by atoms with Gasteiger partial charge in [0, 0.05) is 26.2 Å². The fourth-order valence-corrected chi connectivity index (χ4v) is 4.58. The maximum absolute atomic E-state index is 13.7. The van der Waals surface area contributed by atoms with E-state index in [1.165, 1.54) is 30.1 Å². The van der Waals surface area contributed by atoms with Crippen LogP contribution in [0.5, 0.6) is 0 Å². The number of urea groups is 1. The molecule has 6 nitrogen and oxygen atoms in total. The zero-order valence-electron chi connectivity index (χ0n) is 20.5. The number of halogens is 7. The molecule has 1 aliphatic rings. The van der Waals surface area contributed by atoms with Crippen LogP contribution in [0, 0.1) is 12.7 Å². The van der Waals surface area contributed by atoms with Gasteiger partial charge in [0.2, 0.25) is 5.91 Å². The van der Waals surface area contributed by atoms with Crippen LogP contribution in [-0.2, 0) is 23.7 Å². The van der Waals surface area contributed by atoms with Crippen molar-refractivity contribution in [2.75, 3.05) is 20.2 Å². The molecule has 208 valence electrons. The number of nitrogens with one attached hydrogen (secondary N) is 1. The van der Waals surface area contributed by atoms with Crippen LogP contribution in [0.15, 0.2) is 36.4 Å². The Morgan fingerprint density at radius 1 is 1.05 bits per heavy atom. The highest BCUT2D eigenvalue weighted by Gasteiger charge is 2.38. The third-order valence-electron chi connectivity index (χ3n) is 6.34. The van der Waals surface area contributed by atoms with E-state index in [-0.39, 0.29) is 31.0 Å². The van der Waals surface area contributed by atoms with Gasteiger partial charge in [0.25, 0.3) is 0 Å². The van der Waals surface area contributed by atoms with Crippen LogP contribution >= 0.6 is 0 Å². The van der Waals surface area contributed by atoms with Crippen molar-refractivity contribution in [3.05, 3.63) is 70.0 Å². The summed E-state index contributed by atoms with van der Waals surface area (Å²) in [5, 5.41) is 11.7. The average molecular weight is 549 g/mol. The standard InChI is InChI=1S/C25H26F7N3O3/c1-14-7-18(26)3-4-20(14)21-11-19(33-22(37)13-36)5-6-35(21)23(38)34(2)12-15-8-16(24(27,28)29)10-17(9-15)25(30,31)32/h3-4,7-10,19,21,36H,5-6,11-13H2,1-2H3,(H,33,37)/t19-,21-/m0/s1. The van der Waals surface area contributed by atoms with Gasteiger partial charge in [-0.15, -0.1) is 0 Å². The van der Waals surface area contributed by atoms with Crippen LogP contribution in [0.3, 0.4) is 0 Å². The number of alkyl halides is 6. The number of hydrogen-bond acceptors (Lipinski definition) is 3. The molecule has 0 radical (unpaired) electrons. The Bertz CT molecular complexity index is 1150. The zero-order valence-corrected chi connectivity index (χ0v) is 20.5. The van der Waals surface area contributed by atoms with E-state index in [4.69, 9.17) is 5.11 Å². The Labute approximate surface area is 214 Å². The van der Waals surface area contributed by atoms with Gasteiger partial charge in [-0.25, -0.2) is 9.18 Å². The van der Waals surface area contributed by atoms with Crippen LogP contribution in [0.2, 0.25) is 0 Å². The van der Waals surface area contributed by atoms with Crippen LogP contribution in [0.4, 0.5) is 35.5 Å². The third kappa shape index (κ3) is 6.94. The number of nitrogens with zero attached hydrogens (tertiary/aromatic N) is 2. The summed E-state index contributed by atoms with van der Waals surface area (Å²) in [6, 6.07) is 3.31. The molecule has 0 aliphatic carbocycles. The molecule has 1 saturated heterocycles. The van der Waals surface area contributed by atoms with Gasteiger partial charge in [-0.2, -0.15) is 26.3 Å². The molecule has 2 atom stereocenters. The number of carbonyl (C=O) groups is 2. The highest BCUT2D eigenvalue weighted by molar-refractivity contribution is 5.77. The first-order chi connectivity index (χ1) is 17.6. The molecule has 2 N–H and O–H groups in total. The van der Waals surface area contributed by atoms with E-state index in [1.54, 1.807) is 6.92 Å². The van der Waals surface area contributed by atoms with Gasteiger partial charge in [0.05, 0.1) is 17.2 Å². The molecular formula is C25H26F7N3O3. The maximum atomic E-state index is 13.7. The Balaban J connectivity index is 1.90. The number of piperidine rings is 1. The van der Waals surface area contributed by atoms with E-state index in [0.29, 0.717) is 23.3 Å². The van der Waals surface area contributed by atoms with Gasteiger partial charge in [-0.1, -0.05) is 6.07 Å². The monoisotopic (exact) mass is 549 g/mol. The molecule has 0 bridgehead atoms. The summed E-state index contributed by atoms with van der Waals surface area (Å²) in [6.45, 7) is 0.431. The van der Waals surface area contributed by atoms with E-state index < -0.39 is 66.5 Å². The van der Waals surface area contributed by atoms with Gasteiger partial charge in [0.1, 0.15) is 12.4 Å². The normalized spacial score (nSPS) is 18.3. The lowest BCUT2D eigenvalue weighted by atomic mass is 9.89. The summed E-state index contributed by atoms with van der Waals surface area (Å²) in [5.41, 5.74) is -2.25. The molecule has 0 saturated carbocycles. The Kier molecular flexibility index (Phi) is 8.59. The number of likely N-dealkylation sites (tertiary alicyclic amines) is 1. The molecule has 0 spiro atoms. The van der Waals surface area contributed by atoms with Gasteiger partial charge in [-0.05, 0) is 66.8 Å². The molecule has 1 aliphatic heterocycles. The van der Waals surface area contributed by atoms with Crippen molar-refractivity contribution in [2.45, 2.75) is 50.7 Å². The second kappa shape index (κ2) is 11.2. The molecular weight excluding hydrogens is 523 g/mol. The largest absolute Gasteiger partial charge is 0.416 e. The summed E-state index contributed by atoms with van der Waals surface area (Å²) >= 11 is 0. The maximum Gasteiger partial charge on any atom is 0.416 e. The van der Waals surface area contributed by atoms with E-state index >= 15 is 0 Å². The number of rotatable bonds is 5. The van der Waals surface area contributed by atoms with Crippen molar-refractivity contribution in [1.82, 2.24) is 15.1 Å². The minimum absolute atomic E-state index is 0.0180. The molecule has 3 rings (SSSR count). The summed E-state index contributed by atoms with van der Waals surface area (Å²) in [7, 11) is 1.25. The van der Waals surface area contributed by atoms with Gasteiger partial charge in [0.15, 0.2) is 0 Å². The third-order valence-corrected chi connectivity index (χ3v) is 6.34. The lowest BCUT2D eigenvalue weighted by Gasteiger charge is -2.42. The minimum Gasteiger partial charge on any atom is -0.387 e. The van der Waals surface area contributed by atoms with E-state index in [2.05, 4.69) is 5.32 Å². The molecule has 3 amide bonds. The van der Waals surface area contributed by atoms with E-state index in [0.717, 1.165) is 4.90 Å². The topological polar surface area (TPSA) is 72.9 Å². The number of benzene rings is 2. The second-order valence-electron chi connectivity index (χ2n) is 9.21. The van der Waals surface area contributed by atoms with Crippen LogP contribution < -0.4 is 5.32 Å². The van der Waals surface area contributed by atoms with Crippen LogP contribution in [0.25, 0.3) is 0 Å². The highest BCUT2D eigenvalue weighted by atomic mass is 19.4. The molecule has 1 fully saturated rings. The number of aliphatic hydroxyl groups is 1. The van der Waals surface area contributed by atoms with Gasteiger partial charge < -0.3 is 20.2 Å². The molecule has 0 unspecified atom stereocenters. The summed E-state index contributed by atoms with van der Waals surface area (Å²) in [5.74, 6) is -1.13. The van der Waals surface area contributed by atoms with Crippen molar-refractivity contribution in [2.24, 2.45) is 0 Å². The molecule has 2 aromatic rings. The van der Waals surface area contributed by atoms with Crippen molar-refractivity contribution >= 4 is 11.9 Å². The van der Waals surface area contributed by atoms with Crippen LogP contribution in [0.1, 0.15) is 46.7 Å². The molecule has 38 heavy (non-hydrogen) atoms. The van der Waals surface area contributed by atoms with Crippen molar-refractivity contribution in [3.63, 3.8) is 0 Å². The van der Waals surface area contributed by atoms with E-state index in [9.17, 15) is 40.3 Å². The quantitative estimate of drug-likeness (QED) is 0.514. The minimum atomic E-state index is -5.02. The highest BCUT2D eigenvalue weighted by Crippen LogP contribution is 2.37. The first-order valence-corrected chi connectivity index (χ1v) is 11.6. The first kappa shape index (κ1) is 29.2. The lowest BCUT2D eigenvalue weighted by molar-refractivity contribution is -0.143. The number of aliphatic hydroxyl groups excluding tert-OH is 1. The smallest absolute Gasteiger partial charge is 0.387 e.